The van der Waals surface area contributed by atoms with Crippen molar-refractivity contribution in [3.05, 3.63) is 47.2 Å². The van der Waals surface area contributed by atoms with E-state index in [2.05, 4.69) is 29.4 Å². The van der Waals surface area contributed by atoms with Crippen LogP contribution in [0.5, 0.6) is 11.6 Å². The molecular weight excluding hydrogens is 226 g/mol. The van der Waals surface area contributed by atoms with E-state index >= 15 is 0 Å². The molecule has 0 saturated carbocycles. The second kappa shape index (κ2) is 5.60. The van der Waals surface area contributed by atoms with Gasteiger partial charge in [-0.15, -0.1) is 5.10 Å². The predicted molar refractivity (Wildman–Crippen MR) is 70.8 cm³/mol. The molecule has 4 nitrogen and oxygen atoms in total. The van der Waals surface area contributed by atoms with Gasteiger partial charge in [0.15, 0.2) is 0 Å². The molecule has 0 bridgehead atoms. The van der Waals surface area contributed by atoms with E-state index in [1.807, 2.05) is 37.4 Å². The number of benzene rings is 1. The number of nitrogens with zero attached hydrogens (tertiary/aromatic N) is 2. The predicted octanol–water partition coefficient (Wildman–Crippen LogP) is 2.61. The summed E-state index contributed by atoms with van der Waals surface area (Å²) in [4.78, 5) is 0. The highest BCUT2D eigenvalue weighted by Gasteiger charge is 2.01. The fraction of sp³-hybridized carbons (Fsp3) is 0.286. The average Bonchev–Trinajstić information content (AvgIpc) is 2.37. The van der Waals surface area contributed by atoms with Crippen LogP contribution in [0.15, 0.2) is 30.3 Å². The van der Waals surface area contributed by atoms with Crippen molar-refractivity contribution in [1.82, 2.24) is 15.5 Å². The Hall–Kier alpha value is -1.94. The van der Waals surface area contributed by atoms with Crippen molar-refractivity contribution in [3.8, 4) is 11.6 Å². The van der Waals surface area contributed by atoms with Gasteiger partial charge in [0, 0.05) is 12.6 Å². The van der Waals surface area contributed by atoms with E-state index in [1.165, 1.54) is 11.1 Å². The monoisotopic (exact) mass is 243 g/mol. The van der Waals surface area contributed by atoms with Crippen LogP contribution in [-0.2, 0) is 6.54 Å². The molecule has 0 fully saturated rings. The van der Waals surface area contributed by atoms with Crippen molar-refractivity contribution in [2.75, 3.05) is 7.05 Å². The van der Waals surface area contributed by atoms with Gasteiger partial charge in [0.05, 0.1) is 5.69 Å². The van der Waals surface area contributed by atoms with Crippen molar-refractivity contribution in [1.29, 1.82) is 0 Å². The Labute approximate surface area is 107 Å². The summed E-state index contributed by atoms with van der Waals surface area (Å²) in [5.41, 5.74) is 3.34. The summed E-state index contributed by atoms with van der Waals surface area (Å²) >= 11 is 0. The van der Waals surface area contributed by atoms with E-state index in [9.17, 15) is 0 Å². The maximum absolute atomic E-state index is 5.65. The molecule has 1 heterocycles. The molecule has 94 valence electrons. The minimum absolute atomic E-state index is 0.512. The van der Waals surface area contributed by atoms with Gasteiger partial charge in [0.25, 0.3) is 0 Å². The maximum Gasteiger partial charge on any atom is 0.238 e. The molecule has 2 rings (SSSR count). The lowest BCUT2D eigenvalue weighted by atomic mass is 10.1. The van der Waals surface area contributed by atoms with Crippen LogP contribution in [0.1, 0.15) is 16.8 Å². The molecule has 18 heavy (non-hydrogen) atoms. The van der Waals surface area contributed by atoms with Crippen LogP contribution in [-0.4, -0.2) is 17.2 Å². The number of hydrogen-bond donors (Lipinski definition) is 1. The molecule has 2 aromatic rings. The molecule has 1 aromatic heterocycles. The quantitative estimate of drug-likeness (QED) is 0.896. The van der Waals surface area contributed by atoms with Gasteiger partial charge in [-0.2, -0.15) is 5.10 Å². The van der Waals surface area contributed by atoms with Crippen molar-refractivity contribution in [2.45, 2.75) is 20.4 Å². The van der Waals surface area contributed by atoms with Gasteiger partial charge in [-0.3, -0.25) is 0 Å². The summed E-state index contributed by atoms with van der Waals surface area (Å²) in [6, 6.07) is 9.70. The molecule has 0 atom stereocenters. The van der Waals surface area contributed by atoms with Crippen LogP contribution in [0.2, 0.25) is 0 Å². The summed E-state index contributed by atoms with van der Waals surface area (Å²) in [5.74, 6) is 1.30. The molecular formula is C14H17N3O. The Morgan fingerprint density at radius 3 is 2.50 bits per heavy atom. The molecule has 0 radical (unpaired) electrons. The summed E-state index contributed by atoms with van der Waals surface area (Å²) < 4.78 is 5.65. The van der Waals surface area contributed by atoms with Gasteiger partial charge in [-0.1, -0.05) is 6.07 Å². The number of rotatable bonds is 4. The Morgan fingerprint density at radius 1 is 1.06 bits per heavy atom. The smallest absolute Gasteiger partial charge is 0.238 e. The zero-order chi connectivity index (χ0) is 13.0. The van der Waals surface area contributed by atoms with Crippen LogP contribution in [0, 0.1) is 13.8 Å². The van der Waals surface area contributed by atoms with E-state index in [4.69, 9.17) is 4.74 Å². The molecule has 1 aromatic carbocycles. The lowest BCUT2D eigenvalue weighted by Gasteiger charge is -2.07. The van der Waals surface area contributed by atoms with Crippen LogP contribution in [0.4, 0.5) is 0 Å². The first-order valence-electron chi connectivity index (χ1n) is 5.91. The molecule has 0 aliphatic rings. The third-order valence-corrected chi connectivity index (χ3v) is 2.75. The second-order valence-electron chi connectivity index (χ2n) is 4.24. The number of aryl methyl sites for hydroxylation is 2. The third kappa shape index (κ3) is 3.05. The van der Waals surface area contributed by atoms with E-state index in [0.717, 1.165) is 11.4 Å². The van der Waals surface area contributed by atoms with Crippen LogP contribution < -0.4 is 10.1 Å². The first-order valence-corrected chi connectivity index (χ1v) is 5.91. The van der Waals surface area contributed by atoms with Gasteiger partial charge in [-0.05, 0) is 50.2 Å². The fourth-order valence-corrected chi connectivity index (χ4v) is 1.58. The van der Waals surface area contributed by atoms with E-state index in [-0.39, 0.29) is 0 Å². The molecule has 4 heteroatoms. The van der Waals surface area contributed by atoms with E-state index < -0.39 is 0 Å². The lowest BCUT2D eigenvalue weighted by molar-refractivity contribution is 0.453. The number of nitrogens with one attached hydrogen (secondary N) is 1. The van der Waals surface area contributed by atoms with Gasteiger partial charge in [0.2, 0.25) is 5.88 Å². The van der Waals surface area contributed by atoms with Crippen molar-refractivity contribution < 1.29 is 4.74 Å². The maximum atomic E-state index is 5.65. The van der Waals surface area contributed by atoms with Gasteiger partial charge in [0.1, 0.15) is 5.75 Å². The van der Waals surface area contributed by atoms with Gasteiger partial charge < -0.3 is 10.1 Å². The number of ether oxygens (including phenoxy) is 1. The van der Waals surface area contributed by atoms with Crippen LogP contribution >= 0.6 is 0 Å². The van der Waals surface area contributed by atoms with E-state index in [1.54, 1.807) is 0 Å². The summed E-state index contributed by atoms with van der Waals surface area (Å²) in [6.45, 7) is 4.84. The summed E-state index contributed by atoms with van der Waals surface area (Å²) in [5, 5.41) is 11.1. The van der Waals surface area contributed by atoms with Crippen molar-refractivity contribution in [2.24, 2.45) is 0 Å². The average molecular weight is 243 g/mol. The summed E-state index contributed by atoms with van der Waals surface area (Å²) in [6.07, 6.45) is 0. The highest BCUT2D eigenvalue weighted by Crippen LogP contribution is 2.21. The van der Waals surface area contributed by atoms with Crippen LogP contribution in [0.25, 0.3) is 0 Å². The lowest BCUT2D eigenvalue weighted by Crippen LogP contribution is -2.07. The van der Waals surface area contributed by atoms with E-state index in [0.29, 0.717) is 12.4 Å². The zero-order valence-electron chi connectivity index (χ0n) is 10.9. The zero-order valence-corrected chi connectivity index (χ0v) is 10.9. The van der Waals surface area contributed by atoms with Gasteiger partial charge in [-0.25, -0.2) is 0 Å². The molecule has 0 spiro atoms. The molecule has 0 saturated heterocycles. The highest BCUT2D eigenvalue weighted by atomic mass is 16.5. The molecule has 0 unspecified atom stereocenters. The minimum atomic E-state index is 0.512. The Morgan fingerprint density at radius 2 is 1.89 bits per heavy atom. The molecule has 0 aliphatic heterocycles. The minimum Gasteiger partial charge on any atom is -0.438 e. The third-order valence-electron chi connectivity index (χ3n) is 2.75. The van der Waals surface area contributed by atoms with Crippen molar-refractivity contribution >= 4 is 0 Å². The number of aromatic nitrogens is 2. The topological polar surface area (TPSA) is 47.0 Å². The SMILES string of the molecule is CNCc1ccc(Oc2ccc(C)c(C)c2)nn1. The first-order chi connectivity index (χ1) is 8.69. The normalized spacial score (nSPS) is 10.4. The van der Waals surface area contributed by atoms with Gasteiger partial charge >= 0.3 is 0 Å². The van der Waals surface area contributed by atoms with Crippen LogP contribution in [0.3, 0.4) is 0 Å². The number of hydrogen-bond acceptors (Lipinski definition) is 4. The standard InChI is InChI=1S/C14H17N3O/c1-10-4-6-13(8-11(10)2)18-14-7-5-12(9-15-3)16-17-14/h4-8,15H,9H2,1-3H3. The fourth-order valence-electron chi connectivity index (χ4n) is 1.58. The molecule has 0 amide bonds. The molecule has 1 N–H and O–H groups in total. The van der Waals surface area contributed by atoms with Crippen molar-refractivity contribution in [3.63, 3.8) is 0 Å². The first kappa shape index (κ1) is 12.5. The highest BCUT2D eigenvalue weighted by molar-refractivity contribution is 5.35. The summed E-state index contributed by atoms with van der Waals surface area (Å²) in [7, 11) is 1.88. The Bertz CT molecular complexity index is 523. The largest absolute Gasteiger partial charge is 0.438 e. The molecule has 0 aliphatic carbocycles. The second-order valence-corrected chi connectivity index (χ2v) is 4.24. The Balaban J connectivity index is 2.10. The Kier molecular flexibility index (Phi) is 3.89.